The van der Waals surface area contributed by atoms with E-state index in [0.29, 0.717) is 22.3 Å². The Labute approximate surface area is 171 Å². The van der Waals surface area contributed by atoms with Gasteiger partial charge in [0.15, 0.2) is 5.13 Å². The van der Waals surface area contributed by atoms with Gasteiger partial charge in [0.05, 0.1) is 15.1 Å². The zero-order valence-corrected chi connectivity index (χ0v) is 16.7. The number of fused-ring (bicyclic) bond motifs is 1. The SMILES string of the molecule is O=C(NCc1ccncc1)c1ccc2nc(NS(=O)(=O)c3ccccc3)sc2c1. The molecule has 0 atom stereocenters. The topological polar surface area (TPSA) is 101 Å². The highest BCUT2D eigenvalue weighted by atomic mass is 32.2. The summed E-state index contributed by atoms with van der Waals surface area (Å²) in [5, 5.41) is 3.10. The third-order valence-corrected chi connectivity index (χ3v) is 6.55. The maximum Gasteiger partial charge on any atom is 0.263 e. The summed E-state index contributed by atoms with van der Waals surface area (Å²) in [6.07, 6.45) is 3.34. The minimum atomic E-state index is -3.71. The zero-order valence-electron chi connectivity index (χ0n) is 15.1. The molecule has 2 heterocycles. The Balaban J connectivity index is 1.51. The third kappa shape index (κ3) is 4.41. The summed E-state index contributed by atoms with van der Waals surface area (Å²) in [7, 11) is -3.71. The standard InChI is InChI=1S/C20H16N4O3S2/c25-19(22-13-14-8-10-21-11-9-14)15-6-7-17-18(12-15)28-20(23-17)24-29(26,27)16-4-2-1-3-5-16/h1-12H,13H2,(H,22,25)(H,23,24). The number of amides is 1. The first kappa shape index (κ1) is 19.0. The van der Waals surface area contributed by atoms with E-state index in [2.05, 4.69) is 20.0 Å². The van der Waals surface area contributed by atoms with Crippen LogP contribution in [0.5, 0.6) is 0 Å². The van der Waals surface area contributed by atoms with Crippen molar-refractivity contribution in [3.8, 4) is 0 Å². The van der Waals surface area contributed by atoms with Crippen molar-refractivity contribution in [3.63, 3.8) is 0 Å². The van der Waals surface area contributed by atoms with E-state index < -0.39 is 10.0 Å². The number of rotatable bonds is 6. The lowest BCUT2D eigenvalue weighted by Gasteiger charge is -2.05. The molecule has 9 heteroatoms. The van der Waals surface area contributed by atoms with Gasteiger partial charge in [0, 0.05) is 24.5 Å². The smallest absolute Gasteiger partial charge is 0.263 e. The number of thiazole rings is 1. The molecule has 29 heavy (non-hydrogen) atoms. The van der Waals surface area contributed by atoms with E-state index in [1.807, 2.05) is 12.1 Å². The fourth-order valence-corrected chi connectivity index (χ4v) is 4.83. The minimum Gasteiger partial charge on any atom is -0.348 e. The van der Waals surface area contributed by atoms with Crippen molar-refractivity contribution in [1.29, 1.82) is 0 Å². The van der Waals surface area contributed by atoms with Gasteiger partial charge in [-0.25, -0.2) is 13.4 Å². The Morgan fingerprint density at radius 2 is 1.76 bits per heavy atom. The quantitative estimate of drug-likeness (QED) is 0.494. The van der Waals surface area contributed by atoms with Gasteiger partial charge in [-0.2, -0.15) is 0 Å². The molecule has 0 unspecified atom stereocenters. The Kier molecular flexibility index (Phi) is 5.24. The molecule has 0 saturated carbocycles. The molecular formula is C20H16N4O3S2. The molecule has 0 aliphatic carbocycles. The number of hydrogen-bond acceptors (Lipinski definition) is 6. The van der Waals surface area contributed by atoms with E-state index in [1.54, 1.807) is 48.8 Å². The number of nitrogens with one attached hydrogen (secondary N) is 2. The molecule has 7 nitrogen and oxygen atoms in total. The van der Waals surface area contributed by atoms with Gasteiger partial charge in [-0.15, -0.1) is 0 Å². The van der Waals surface area contributed by atoms with Crippen molar-refractivity contribution in [2.75, 3.05) is 4.72 Å². The monoisotopic (exact) mass is 424 g/mol. The highest BCUT2D eigenvalue weighted by Crippen LogP contribution is 2.28. The molecule has 0 fully saturated rings. The lowest BCUT2D eigenvalue weighted by Crippen LogP contribution is -2.22. The predicted molar refractivity (Wildman–Crippen MR) is 112 cm³/mol. The molecule has 0 radical (unpaired) electrons. The van der Waals surface area contributed by atoms with Crippen LogP contribution in [-0.4, -0.2) is 24.3 Å². The second-order valence-electron chi connectivity index (χ2n) is 6.16. The predicted octanol–water partition coefficient (Wildman–Crippen LogP) is 3.42. The average Bonchev–Trinajstić information content (AvgIpc) is 3.14. The minimum absolute atomic E-state index is 0.162. The van der Waals surface area contributed by atoms with Crippen LogP contribution in [0.4, 0.5) is 5.13 Å². The van der Waals surface area contributed by atoms with Crippen LogP contribution >= 0.6 is 11.3 Å². The van der Waals surface area contributed by atoms with Crippen molar-refractivity contribution in [2.45, 2.75) is 11.4 Å². The van der Waals surface area contributed by atoms with E-state index in [0.717, 1.165) is 5.56 Å². The van der Waals surface area contributed by atoms with Gasteiger partial charge >= 0.3 is 0 Å². The summed E-state index contributed by atoms with van der Waals surface area (Å²) in [4.78, 5) is 20.8. The maximum absolute atomic E-state index is 12.5. The second kappa shape index (κ2) is 7.98. The van der Waals surface area contributed by atoms with Gasteiger partial charge in [0.25, 0.3) is 15.9 Å². The summed E-state index contributed by atoms with van der Waals surface area (Å²) in [5.74, 6) is -0.219. The van der Waals surface area contributed by atoms with Crippen LogP contribution in [0, 0.1) is 0 Å². The molecule has 1 amide bonds. The van der Waals surface area contributed by atoms with Gasteiger partial charge in [-0.1, -0.05) is 29.5 Å². The number of carbonyl (C=O) groups is 1. The van der Waals surface area contributed by atoms with Crippen molar-refractivity contribution in [3.05, 3.63) is 84.2 Å². The molecule has 0 bridgehead atoms. The van der Waals surface area contributed by atoms with Gasteiger partial charge in [-0.05, 0) is 48.0 Å². The number of pyridine rings is 1. The summed E-state index contributed by atoms with van der Waals surface area (Å²) in [6.45, 7) is 0.393. The van der Waals surface area contributed by atoms with Crippen LogP contribution in [0.1, 0.15) is 15.9 Å². The zero-order chi connectivity index (χ0) is 20.3. The van der Waals surface area contributed by atoms with Gasteiger partial charge < -0.3 is 5.32 Å². The summed E-state index contributed by atoms with van der Waals surface area (Å²) in [5.41, 5.74) is 2.05. The van der Waals surface area contributed by atoms with E-state index in [4.69, 9.17) is 0 Å². The van der Waals surface area contributed by atoms with Crippen LogP contribution in [0.3, 0.4) is 0 Å². The number of sulfonamides is 1. The van der Waals surface area contributed by atoms with Gasteiger partial charge in [-0.3, -0.25) is 14.5 Å². The molecule has 146 valence electrons. The lowest BCUT2D eigenvalue weighted by molar-refractivity contribution is 0.0951. The Morgan fingerprint density at radius 3 is 2.52 bits per heavy atom. The first-order valence-corrected chi connectivity index (χ1v) is 11.0. The Hall–Kier alpha value is -3.30. The van der Waals surface area contributed by atoms with E-state index in [1.165, 1.54) is 23.5 Å². The average molecular weight is 425 g/mol. The molecule has 2 aromatic heterocycles. The molecule has 2 aromatic carbocycles. The van der Waals surface area contributed by atoms with Crippen LogP contribution in [0.15, 0.2) is 78.0 Å². The van der Waals surface area contributed by atoms with Crippen molar-refractivity contribution >= 4 is 42.6 Å². The fraction of sp³-hybridized carbons (Fsp3) is 0.0500. The largest absolute Gasteiger partial charge is 0.348 e. The van der Waals surface area contributed by atoms with Crippen LogP contribution in [0.25, 0.3) is 10.2 Å². The molecule has 0 saturated heterocycles. The number of hydrogen-bond donors (Lipinski definition) is 2. The highest BCUT2D eigenvalue weighted by Gasteiger charge is 2.17. The number of nitrogens with zero attached hydrogens (tertiary/aromatic N) is 2. The molecule has 4 aromatic rings. The second-order valence-corrected chi connectivity index (χ2v) is 8.87. The molecule has 0 aliphatic heterocycles. The van der Waals surface area contributed by atoms with Crippen molar-refractivity contribution < 1.29 is 13.2 Å². The lowest BCUT2D eigenvalue weighted by atomic mass is 10.2. The number of benzene rings is 2. The normalized spacial score (nSPS) is 11.3. The van der Waals surface area contributed by atoms with Gasteiger partial charge in [0.2, 0.25) is 0 Å². The highest BCUT2D eigenvalue weighted by molar-refractivity contribution is 7.93. The Morgan fingerprint density at radius 1 is 1.00 bits per heavy atom. The molecule has 2 N–H and O–H groups in total. The van der Waals surface area contributed by atoms with E-state index in [-0.39, 0.29) is 15.9 Å². The van der Waals surface area contributed by atoms with E-state index >= 15 is 0 Å². The summed E-state index contributed by atoms with van der Waals surface area (Å²) < 4.78 is 28.1. The number of anilines is 1. The summed E-state index contributed by atoms with van der Waals surface area (Å²) >= 11 is 1.18. The van der Waals surface area contributed by atoms with Crippen molar-refractivity contribution in [1.82, 2.24) is 15.3 Å². The fourth-order valence-electron chi connectivity index (χ4n) is 2.67. The van der Waals surface area contributed by atoms with E-state index in [9.17, 15) is 13.2 Å². The van der Waals surface area contributed by atoms with Gasteiger partial charge in [0.1, 0.15) is 0 Å². The first-order valence-electron chi connectivity index (χ1n) is 8.67. The van der Waals surface area contributed by atoms with Crippen LogP contribution < -0.4 is 10.0 Å². The molecule has 0 aliphatic rings. The molecule has 4 rings (SSSR count). The molecular weight excluding hydrogens is 408 g/mol. The maximum atomic E-state index is 12.5. The summed E-state index contributed by atoms with van der Waals surface area (Å²) in [6, 6.07) is 16.8. The number of carbonyl (C=O) groups excluding carboxylic acids is 1. The Bertz CT molecular complexity index is 1260. The first-order chi connectivity index (χ1) is 14.0. The number of aromatic nitrogens is 2. The van der Waals surface area contributed by atoms with Crippen molar-refractivity contribution in [2.24, 2.45) is 0 Å². The molecule has 0 spiro atoms. The third-order valence-electron chi connectivity index (χ3n) is 4.13. The van der Waals surface area contributed by atoms with Crippen LogP contribution in [0.2, 0.25) is 0 Å². The van der Waals surface area contributed by atoms with Crippen LogP contribution in [-0.2, 0) is 16.6 Å².